The van der Waals surface area contributed by atoms with Gasteiger partial charge in [-0.3, -0.25) is 14.4 Å². The SMILES string of the molecule is O=C(CN1CCC2(CCC1=O)CNC(=O)c1ccccc1O2)NCc1ccco1. The molecule has 4 rings (SSSR count). The van der Waals surface area contributed by atoms with Crippen LogP contribution in [0.5, 0.6) is 5.75 Å². The number of carbonyl (C=O) groups excluding carboxylic acids is 3. The lowest BCUT2D eigenvalue weighted by Crippen LogP contribution is -2.46. The van der Waals surface area contributed by atoms with Crippen molar-refractivity contribution in [2.24, 2.45) is 0 Å². The molecule has 8 nitrogen and oxygen atoms in total. The number of carbonyl (C=O) groups is 3. The largest absolute Gasteiger partial charge is 0.485 e. The third-order valence-electron chi connectivity index (χ3n) is 5.39. The summed E-state index contributed by atoms with van der Waals surface area (Å²) in [4.78, 5) is 38.7. The number of nitrogens with one attached hydrogen (secondary N) is 2. The van der Waals surface area contributed by atoms with Crippen LogP contribution in [0.4, 0.5) is 0 Å². The van der Waals surface area contributed by atoms with Gasteiger partial charge < -0.3 is 24.7 Å². The fraction of sp³-hybridized carbons (Fsp3) is 0.381. The smallest absolute Gasteiger partial charge is 0.255 e. The van der Waals surface area contributed by atoms with Gasteiger partial charge in [-0.05, 0) is 30.7 Å². The van der Waals surface area contributed by atoms with E-state index in [2.05, 4.69) is 10.6 Å². The molecule has 3 amide bonds. The molecule has 0 saturated carbocycles. The zero-order valence-electron chi connectivity index (χ0n) is 16.0. The molecule has 152 valence electrons. The fourth-order valence-corrected chi connectivity index (χ4v) is 3.70. The molecular weight excluding hydrogens is 374 g/mol. The Morgan fingerprint density at radius 3 is 2.86 bits per heavy atom. The maximum absolute atomic E-state index is 12.6. The average molecular weight is 397 g/mol. The van der Waals surface area contributed by atoms with E-state index in [1.807, 2.05) is 6.07 Å². The topological polar surface area (TPSA) is 101 Å². The van der Waals surface area contributed by atoms with E-state index in [9.17, 15) is 14.4 Å². The van der Waals surface area contributed by atoms with Crippen LogP contribution in [0.25, 0.3) is 0 Å². The lowest BCUT2D eigenvalue weighted by Gasteiger charge is -2.32. The van der Waals surface area contributed by atoms with Crippen LogP contribution in [0.15, 0.2) is 47.1 Å². The molecule has 2 N–H and O–H groups in total. The van der Waals surface area contributed by atoms with Crippen molar-refractivity contribution in [3.63, 3.8) is 0 Å². The molecule has 1 atom stereocenters. The molecule has 3 heterocycles. The van der Waals surface area contributed by atoms with Gasteiger partial charge in [0.15, 0.2) is 0 Å². The van der Waals surface area contributed by atoms with E-state index in [0.29, 0.717) is 43.0 Å². The minimum atomic E-state index is -0.669. The Bertz CT molecular complexity index is 911. The molecule has 2 aliphatic heterocycles. The van der Waals surface area contributed by atoms with E-state index in [0.717, 1.165) is 0 Å². The molecule has 2 aromatic rings. The van der Waals surface area contributed by atoms with Crippen molar-refractivity contribution in [3.05, 3.63) is 54.0 Å². The fourth-order valence-electron chi connectivity index (χ4n) is 3.70. The van der Waals surface area contributed by atoms with Gasteiger partial charge in [-0.15, -0.1) is 0 Å². The minimum Gasteiger partial charge on any atom is -0.485 e. The Morgan fingerprint density at radius 2 is 2.03 bits per heavy atom. The second-order valence-electron chi connectivity index (χ2n) is 7.39. The second-order valence-corrected chi connectivity index (χ2v) is 7.39. The van der Waals surface area contributed by atoms with E-state index in [-0.39, 0.29) is 37.2 Å². The molecule has 0 aliphatic carbocycles. The molecule has 0 bridgehead atoms. The van der Waals surface area contributed by atoms with Crippen molar-refractivity contribution in [1.82, 2.24) is 15.5 Å². The Kier molecular flexibility index (Phi) is 5.24. The van der Waals surface area contributed by atoms with Crippen LogP contribution in [-0.4, -0.2) is 47.9 Å². The molecule has 1 aromatic carbocycles. The third kappa shape index (κ3) is 4.26. The molecular formula is C21H23N3O5. The Labute approximate surface area is 168 Å². The normalized spacial score (nSPS) is 21.6. The third-order valence-corrected chi connectivity index (χ3v) is 5.39. The highest BCUT2D eigenvalue weighted by Crippen LogP contribution is 2.33. The molecule has 1 saturated heterocycles. The van der Waals surface area contributed by atoms with E-state index < -0.39 is 5.60 Å². The lowest BCUT2D eigenvalue weighted by molar-refractivity contribution is -0.135. The van der Waals surface area contributed by atoms with Crippen LogP contribution in [0.3, 0.4) is 0 Å². The summed E-state index contributed by atoms with van der Waals surface area (Å²) in [6.45, 7) is 0.972. The standard InChI is InChI=1S/C21H23N3O5/c25-18(22-12-15-4-3-11-28-15)13-24-10-9-21(8-7-19(24)26)14-23-20(27)16-5-1-2-6-17(16)29-21/h1-6,11H,7-10,12-14H2,(H,22,25)(H,23,27). The van der Waals surface area contributed by atoms with Gasteiger partial charge in [-0.1, -0.05) is 12.1 Å². The zero-order valence-corrected chi connectivity index (χ0v) is 16.0. The molecule has 29 heavy (non-hydrogen) atoms. The van der Waals surface area contributed by atoms with Crippen LogP contribution in [-0.2, 0) is 16.1 Å². The molecule has 1 spiro atoms. The number of nitrogens with zero attached hydrogens (tertiary/aromatic N) is 1. The van der Waals surface area contributed by atoms with Gasteiger partial charge in [-0.25, -0.2) is 0 Å². The summed E-state index contributed by atoms with van der Waals surface area (Å²) in [5, 5.41) is 5.67. The first-order chi connectivity index (χ1) is 14.0. The summed E-state index contributed by atoms with van der Waals surface area (Å²) in [6, 6.07) is 10.6. The number of hydrogen-bond acceptors (Lipinski definition) is 5. The van der Waals surface area contributed by atoms with Gasteiger partial charge in [0.2, 0.25) is 11.8 Å². The van der Waals surface area contributed by atoms with Crippen molar-refractivity contribution in [3.8, 4) is 5.75 Å². The van der Waals surface area contributed by atoms with Gasteiger partial charge in [0.05, 0.1) is 31.5 Å². The highest BCUT2D eigenvalue weighted by atomic mass is 16.5. The van der Waals surface area contributed by atoms with Crippen molar-refractivity contribution in [1.29, 1.82) is 0 Å². The van der Waals surface area contributed by atoms with Crippen molar-refractivity contribution >= 4 is 17.7 Å². The molecule has 8 heteroatoms. The number of benzene rings is 1. The lowest BCUT2D eigenvalue weighted by atomic mass is 9.94. The maximum Gasteiger partial charge on any atom is 0.255 e. The first-order valence-electron chi connectivity index (χ1n) is 9.68. The van der Waals surface area contributed by atoms with Gasteiger partial charge in [-0.2, -0.15) is 0 Å². The van der Waals surface area contributed by atoms with E-state index in [4.69, 9.17) is 9.15 Å². The first kappa shape index (κ1) is 19.0. The Balaban J connectivity index is 1.40. The van der Waals surface area contributed by atoms with E-state index >= 15 is 0 Å². The number of ether oxygens (including phenoxy) is 1. The first-order valence-corrected chi connectivity index (χ1v) is 9.68. The Morgan fingerprint density at radius 1 is 1.17 bits per heavy atom. The number of furan rings is 1. The van der Waals surface area contributed by atoms with Gasteiger partial charge in [0.25, 0.3) is 5.91 Å². The number of para-hydroxylation sites is 1. The maximum atomic E-state index is 12.6. The predicted molar refractivity (Wildman–Crippen MR) is 103 cm³/mol. The minimum absolute atomic E-state index is 0.0153. The number of likely N-dealkylation sites (tertiary alicyclic amines) is 1. The van der Waals surface area contributed by atoms with Gasteiger partial charge in [0, 0.05) is 19.4 Å². The van der Waals surface area contributed by atoms with Crippen LogP contribution in [0.2, 0.25) is 0 Å². The van der Waals surface area contributed by atoms with Crippen LogP contribution in [0, 0.1) is 0 Å². The van der Waals surface area contributed by atoms with Crippen molar-refractivity contribution in [2.45, 2.75) is 31.4 Å². The second kappa shape index (κ2) is 7.98. The van der Waals surface area contributed by atoms with E-state index in [1.54, 1.807) is 41.5 Å². The molecule has 1 fully saturated rings. The van der Waals surface area contributed by atoms with E-state index in [1.165, 1.54) is 0 Å². The molecule has 0 radical (unpaired) electrons. The summed E-state index contributed by atoms with van der Waals surface area (Å²) >= 11 is 0. The molecule has 1 unspecified atom stereocenters. The number of fused-ring (bicyclic) bond motifs is 1. The quantitative estimate of drug-likeness (QED) is 0.814. The highest BCUT2D eigenvalue weighted by Gasteiger charge is 2.40. The predicted octanol–water partition coefficient (Wildman–Crippen LogP) is 1.47. The number of hydrogen-bond donors (Lipinski definition) is 2. The zero-order chi connectivity index (χ0) is 20.3. The summed E-state index contributed by atoms with van der Waals surface area (Å²) in [6.07, 6.45) is 2.80. The summed E-state index contributed by atoms with van der Waals surface area (Å²) in [7, 11) is 0. The van der Waals surface area contributed by atoms with Crippen LogP contribution >= 0.6 is 0 Å². The number of rotatable bonds is 4. The van der Waals surface area contributed by atoms with Gasteiger partial charge >= 0.3 is 0 Å². The monoisotopic (exact) mass is 397 g/mol. The van der Waals surface area contributed by atoms with Gasteiger partial charge in [0.1, 0.15) is 17.1 Å². The summed E-state index contributed by atoms with van der Waals surface area (Å²) in [5.41, 5.74) is -0.175. The molecule has 1 aromatic heterocycles. The van der Waals surface area contributed by atoms with Crippen LogP contribution in [0.1, 0.15) is 35.4 Å². The summed E-state index contributed by atoms with van der Waals surface area (Å²) in [5.74, 6) is 0.663. The number of amides is 3. The van der Waals surface area contributed by atoms with Crippen molar-refractivity contribution < 1.29 is 23.5 Å². The summed E-state index contributed by atoms with van der Waals surface area (Å²) < 4.78 is 11.5. The molecule has 2 aliphatic rings. The Hall–Kier alpha value is -3.29. The average Bonchev–Trinajstić information content (AvgIpc) is 3.15. The van der Waals surface area contributed by atoms with Crippen LogP contribution < -0.4 is 15.4 Å². The van der Waals surface area contributed by atoms with Crippen molar-refractivity contribution in [2.75, 3.05) is 19.6 Å². The highest BCUT2D eigenvalue weighted by molar-refractivity contribution is 5.97.